The molecule has 6 nitrogen and oxygen atoms in total. The Morgan fingerprint density at radius 2 is 1.79 bits per heavy atom. The highest BCUT2D eigenvalue weighted by molar-refractivity contribution is 6.01. The van der Waals surface area contributed by atoms with Crippen molar-refractivity contribution in [2.24, 2.45) is 7.05 Å². The zero-order valence-electron chi connectivity index (χ0n) is 16.3. The van der Waals surface area contributed by atoms with Gasteiger partial charge in [0.05, 0.1) is 12.8 Å². The van der Waals surface area contributed by atoms with E-state index in [0.717, 1.165) is 22.0 Å². The lowest BCUT2D eigenvalue weighted by Gasteiger charge is -2.21. The second-order valence-electron chi connectivity index (χ2n) is 6.70. The topological polar surface area (TPSA) is 68.2 Å². The molecule has 0 saturated carbocycles. The highest BCUT2D eigenvalue weighted by Crippen LogP contribution is 2.29. The minimum absolute atomic E-state index is 0.319. The standard InChI is InChI=1S/C23H22N4O2/c1-27-15-14-24-22(27)21(18-11-5-6-13-20(18)29-2)26-23(28)25-19-12-7-9-16-8-3-4-10-17(16)19/h3-15,21H,1-2H3,(H2,25,26,28)/t21-/m0/s1. The average molecular weight is 386 g/mol. The van der Waals surface area contributed by atoms with Gasteiger partial charge in [0.2, 0.25) is 0 Å². The van der Waals surface area contributed by atoms with Gasteiger partial charge in [-0.25, -0.2) is 9.78 Å². The maximum Gasteiger partial charge on any atom is 0.320 e. The van der Waals surface area contributed by atoms with Crippen molar-refractivity contribution >= 4 is 22.5 Å². The van der Waals surface area contributed by atoms with Gasteiger partial charge in [-0.05, 0) is 17.5 Å². The molecule has 0 spiro atoms. The second kappa shape index (κ2) is 8.06. The van der Waals surface area contributed by atoms with Gasteiger partial charge in [0.1, 0.15) is 17.6 Å². The zero-order valence-corrected chi connectivity index (χ0v) is 16.3. The predicted octanol–water partition coefficient (Wildman–Crippen LogP) is 4.49. The lowest BCUT2D eigenvalue weighted by molar-refractivity contribution is 0.249. The number of nitrogens with one attached hydrogen (secondary N) is 2. The van der Waals surface area contributed by atoms with Crippen LogP contribution in [-0.2, 0) is 7.05 Å². The van der Waals surface area contributed by atoms with Crippen LogP contribution in [-0.4, -0.2) is 22.7 Å². The first-order chi connectivity index (χ1) is 14.2. The van der Waals surface area contributed by atoms with Gasteiger partial charge >= 0.3 is 6.03 Å². The fraction of sp³-hybridized carbons (Fsp3) is 0.130. The van der Waals surface area contributed by atoms with Gasteiger partial charge in [0, 0.05) is 30.4 Å². The summed E-state index contributed by atoms with van der Waals surface area (Å²) in [5.74, 6) is 1.40. The number of hydrogen-bond acceptors (Lipinski definition) is 3. The van der Waals surface area contributed by atoms with Crippen LogP contribution in [0.2, 0.25) is 0 Å². The third-order valence-corrected chi connectivity index (χ3v) is 4.88. The monoisotopic (exact) mass is 386 g/mol. The molecule has 0 aliphatic carbocycles. The summed E-state index contributed by atoms with van der Waals surface area (Å²) in [6.45, 7) is 0. The van der Waals surface area contributed by atoms with Crippen molar-refractivity contribution in [1.29, 1.82) is 0 Å². The van der Waals surface area contributed by atoms with Crippen LogP contribution in [0.4, 0.5) is 10.5 Å². The molecule has 0 fully saturated rings. The number of rotatable bonds is 5. The van der Waals surface area contributed by atoms with E-state index in [-0.39, 0.29) is 6.03 Å². The summed E-state index contributed by atoms with van der Waals surface area (Å²) in [6, 6.07) is 20.6. The summed E-state index contributed by atoms with van der Waals surface area (Å²) < 4.78 is 7.40. The summed E-state index contributed by atoms with van der Waals surface area (Å²) in [7, 11) is 3.51. The van der Waals surface area contributed by atoms with E-state index in [9.17, 15) is 4.79 Å². The van der Waals surface area contributed by atoms with Crippen LogP contribution in [0.5, 0.6) is 5.75 Å². The minimum atomic E-state index is -0.471. The molecule has 2 amide bonds. The predicted molar refractivity (Wildman–Crippen MR) is 114 cm³/mol. The summed E-state index contributed by atoms with van der Waals surface area (Å²) >= 11 is 0. The van der Waals surface area contributed by atoms with E-state index in [4.69, 9.17) is 4.74 Å². The first-order valence-electron chi connectivity index (χ1n) is 9.33. The maximum absolute atomic E-state index is 12.9. The Morgan fingerprint density at radius 3 is 2.59 bits per heavy atom. The fourth-order valence-electron chi connectivity index (χ4n) is 3.47. The van der Waals surface area contributed by atoms with Crippen molar-refractivity contribution in [1.82, 2.24) is 14.9 Å². The quantitative estimate of drug-likeness (QED) is 0.531. The summed E-state index contributed by atoms with van der Waals surface area (Å²) in [5, 5.41) is 8.08. The highest BCUT2D eigenvalue weighted by Gasteiger charge is 2.24. The number of carbonyl (C=O) groups is 1. The van der Waals surface area contributed by atoms with E-state index in [1.54, 1.807) is 13.3 Å². The Labute approximate surface area is 169 Å². The number of para-hydroxylation sites is 1. The molecule has 1 heterocycles. The van der Waals surface area contributed by atoms with E-state index in [1.807, 2.05) is 84.5 Å². The molecule has 1 aromatic heterocycles. The van der Waals surface area contributed by atoms with Crippen molar-refractivity contribution < 1.29 is 9.53 Å². The number of anilines is 1. The fourth-order valence-corrected chi connectivity index (χ4v) is 3.47. The number of hydrogen-bond donors (Lipinski definition) is 2. The number of nitrogens with zero attached hydrogens (tertiary/aromatic N) is 2. The van der Waals surface area contributed by atoms with E-state index < -0.39 is 6.04 Å². The number of ether oxygens (including phenoxy) is 1. The van der Waals surface area contributed by atoms with Crippen molar-refractivity contribution in [3.05, 3.63) is 90.5 Å². The number of aromatic nitrogens is 2. The van der Waals surface area contributed by atoms with E-state index in [1.165, 1.54) is 0 Å². The molecule has 146 valence electrons. The van der Waals surface area contributed by atoms with Crippen molar-refractivity contribution in [2.45, 2.75) is 6.04 Å². The molecule has 4 aromatic rings. The van der Waals surface area contributed by atoms with E-state index in [2.05, 4.69) is 15.6 Å². The number of methoxy groups -OCH3 is 1. The largest absolute Gasteiger partial charge is 0.496 e. The van der Waals surface area contributed by atoms with E-state index >= 15 is 0 Å². The van der Waals surface area contributed by atoms with Gasteiger partial charge in [-0.15, -0.1) is 0 Å². The first kappa shape index (κ1) is 18.6. The third kappa shape index (κ3) is 3.78. The SMILES string of the molecule is COc1ccccc1[C@H](NC(=O)Nc1cccc2ccccc12)c1nccn1C. The molecule has 0 radical (unpaired) electrons. The zero-order chi connectivity index (χ0) is 20.2. The number of benzene rings is 3. The molecule has 4 rings (SSSR count). The minimum Gasteiger partial charge on any atom is -0.496 e. The van der Waals surface area contributed by atoms with E-state index in [0.29, 0.717) is 11.6 Å². The molecule has 6 heteroatoms. The van der Waals surface area contributed by atoms with Crippen molar-refractivity contribution in [3.8, 4) is 5.75 Å². The molecule has 2 N–H and O–H groups in total. The molecule has 0 aliphatic heterocycles. The first-order valence-corrected chi connectivity index (χ1v) is 9.33. The second-order valence-corrected chi connectivity index (χ2v) is 6.70. The highest BCUT2D eigenvalue weighted by atomic mass is 16.5. The summed E-state index contributed by atoms with van der Waals surface area (Å²) in [4.78, 5) is 17.4. The van der Waals surface area contributed by atoms with Gasteiger partial charge in [-0.1, -0.05) is 54.6 Å². The Morgan fingerprint density at radius 1 is 1.03 bits per heavy atom. The lowest BCUT2D eigenvalue weighted by Crippen LogP contribution is -2.34. The smallest absolute Gasteiger partial charge is 0.320 e. The lowest BCUT2D eigenvalue weighted by atomic mass is 10.0. The Kier molecular flexibility index (Phi) is 5.16. The molecular formula is C23H22N4O2. The van der Waals surface area contributed by atoms with Crippen LogP contribution in [0, 0.1) is 0 Å². The number of aryl methyl sites for hydroxylation is 1. The molecule has 0 bridgehead atoms. The van der Waals surface area contributed by atoms with Gasteiger partial charge in [-0.2, -0.15) is 0 Å². The van der Waals surface area contributed by atoms with Crippen LogP contribution in [0.15, 0.2) is 79.1 Å². The van der Waals surface area contributed by atoms with Crippen LogP contribution in [0.25, 0.3) is 10.8 Å². The number of carbonyl (C=O) groups excluding carboxylic acids is 1. The normalized spacial score (nSPS) is 11.8. The van der Waals surface area contributed by atoms with Gasteiger partial charge in [0.25, 0.3) is 0 Å². The summed E-state index contributed by atoms with van der Waals surface area (Å²) in [5.41, 5.74) is 1.58. The van der Waals surface area contributed by atoms with Crippen LogP contribution >= 0.6 is 0 Å². The number of urea groups is 1. The molecule has 1 atom stereocenters. The summed E-state index contributed by atoms with van der Waals surface area (Å²) in [6.07, 6.45) is 3.56. The molecule has 0 saturated heterocycles. The molecule has 3 aromatic carbocycles. The van der Waals surface area contributed by atoms with Gasteiger partial charge in [0.15, 0.2) is 0 Å². The molecule has 0 aliphatic rings. The van der Waals surface area contributed by atoms with Crippen LogP contribution in [0.1, 0.15) is 17.4 Å². The van der Waals surface area contributed by atoms with Crippen LogP contribution < -0.4 is 15.4 Å². The van der Waals surface area contributed by atoms with Gasteiger partial charge < -0.3 is 19.9 Å². The average Bonchev–Trinajstić information content (AvgIpc) is 3.18. The molecule has 29 heavy (non-hydrogen) atoms. The third-order valence-electron chi connectivity index (χ3n) is 4.88. The number of fused-ring (bicyclic) bond motifs is 1. The Hall–Kier alpha value is -3.80. The van der Waals surface area contributed by atoms with Crippen molar-refractivity contribution in [3.63, 3.8) is 0 Å². The van der Waals surface area contributed by atoms with Crippen LogP contribution in [0.3, 0.4) is 0 Å². The van der Waals surface area contributed by atoms with Gasteiger partial charge in [-0.3, -0.25) is 0 Å². The molecular weight excluding hydrogens is 364 g/mol. The van der Waals surface area contributed by atoms with Crippen molar-refractivity contribution in [2.75, 3.05) is 12.4 Å². The number of amides is 2. The Balaban J connectivity index is 1.66. The maximum atomic E-state index is 12.9. The number of imidazole rings is 1. The Bertz CT molecular complexity index is 1150. The molecule has 0 unspecified atom stereocenters.